The van der Waals surface area contributed by atoms with Gasteiger partial charge in [0.1, 0.15) is 11.6 Å². The predicted octanol–water partition coefficient (Wildman–Crippen LogP) is 7.24. The number of aromatic nitrogens is 4. The maximum absolute atomic E-state index is 13.0. The third kappa shape index (κ3) is 4.13. The summed E-state index contributed by atoms with van der Waals surface area (Å²) in [5.74, 6) is 2.71. The third-order valence-electron chi connectivity index (χ3n) is 7.11. The molecule has 0 saturated heterocycles. The molecule has 4 aromatic rings. The minimum Gasteiger partial charge on any atom is -0.342 e. The third-order valence-corrected chi connectivity index (χ3v) is 7.11. The van der Waals surface area contributed by atoms with Gasteiger partial charge in [-0.1, -0.05) is 34.6 Å². The van der Waals surface area contributed by atoms with E-state index < -0.39 is 0 Å². The summed E-state index contributed by atoms with van der Waals surface area (Å²) in [4.78, 5) is 29.0. The molecule has 2 heterocycles. The van der Waals surface area contributed by atoms with E-state index in [1.54, 1.807) is 6.92 Å². The lowest BCUT2D eigenvalue weighted by Gasteiger charge is -2.28. The van der Waals surface area contributed by atoms with Crippen molar-refractivity contribution in [1.29, 1.82) is 0 Å². The van der Waals surface area contributed by atoms with E-state index in [0.717, 1.165) is 59.0 Å². The first-order valence-electron chi connectivity index (χ1n) is 12.7. The number of rotatable bonds is 6. The molecule has 0 amide bonds. The van der Waals surface area contributed by atoms with Crippen LogP contribution in [-0.2, 0) is 19.3 Å². The zero-order valence-electron chi connectivity index (χ0n) is 21.5. The highest BCUT2D eigenvalue weighted by atomic mass is 16.1. The molecule has 180 valence electrons. The van der Waals surface area contributed by atoms with E-state index in [1.807, 2.05) is 18.5 Å². The Morgan fingerprint density at radius 2 is 1.49 bits per heavy atom. The summed E-state index contributed by atoms with van der Waals surface area (Å²) in [7, 11) is 0. The molecule has 2 aromatic heterocycles. The van der Waals surface area contributed by atoms with Crippen molar-refractivity contribution in [3.8, 4) is 33.6 Å². The fraction of sp³-hybridized carbons (Fsp3) is 0.367. The van der Waals surface area contributed by atoms with Crippen LogP contribution >= 0.6 is 0 Å². The first-order chi connectivity index (χ1) is 16.8. The Balaban J connectivity index is 1.70. The smallest absolute Gasteiger partial charge is 0.160 e. The van der Waals surface area contributed by atoms with Crippen molar-refractivity contribution in [2.75, 3.05) is 0 Å². The Morgan fingerprint density at radius 1 is 0.857 bits per heavy atom. The van der Waals surface area contributed by atoms with E-state index in [4.69, 9.17) is 0 Å². The second kappa shape index (κ2) is 8.95. The van der Waals surface area contributed by atoms with Gasteiger partial charge < -0.3 is 9.97 Å². The molecule has 0 unspecified atom stereocenters. The number of H-pyrrole nitrogens is 2. The molecule has 0 spiro atoms. The maximum Gasteiger partial charge on any atom is 0.160 e. The number of carbonyl (C=O) groups excluding carboxylic acids is 1. The van der Waals surface area contributed by atoms with Crippen LogP contribution in [0.2, 0.25) is 0 Å². The lowest BCUT2D eigenvalue weighted by molar-refractivity contribution is 0.101. The molecule has 0 fully saturated rings. The van der Waals surface area contributed by atoms with Crippen LogP contribution in [0.4, 0.5) is 0 Å². The number of aromatic amines is 2. The van der Waals surface area contributed by atoms with Crippen LogP contribution in [0, 0.1) is 0 Å². The van der Waals surface area contributed by atoms with Crippen molar-refractivity contribution in [3.05, 3.63) is 70.6 Å². The minimum absolute atomic E-state index is 0.0967. The molecule has 5 heteroatoms. The van der Waals surface area contributed by atoms with Crippen LogP contribution in [0.1, 0.15) is 92.1 Å². The van der Waals surface area contributed by atoms with Gasteiger partial charge in [-0.05, 0) is 77.8 Å². The molecule has 35 heavy (non-hydrogen) atoms. The highest BCUT2D eigenvalue weighted by molar-refractivity contribution is 6.04. The molecule has 1 aliphatic rings. The number of fused-ring (bicyclic) bond motifs is 3. The molecular formula is C30H34N4O. The fourth-order valence-electron chi connectivity index (χ4n) is 5.20. The van der Waals surface area contributed by atoms with Gasteiger partial charge in [-0.2, -0.15) is 0 Å². The van der Waals surface area contributed by atoms with Crippen LogP contribution in [-0.4, -0.2) is 25.7 Å². The largest absolute Gasteiger partial charge is 0.342 e. The van der Waals surface area contributed by atoms with Crippen molar-refractivity contribution in [3.63, 3.8) is 0 Å². The summed E-state index contributed by atoms with van der Waals surface area (Å²) in [6.07, 6.45) is 6.56. The molecular weight excluding hydrogens is 432 g/mol. The molecule has 0 saturated carbocycles. The monoisotopic (exact) mass is 466 g/mol. The molecule has 2 aromatic carbocycles. The Labute approximate surface area is 207 Å². The number of aryl methyl sites for hydroxylation is 3. The van der Waals surface area contributed by atoms with Crippen LogP contribution in [0.25, 0.3) is 33.6 Å². The first kappa shape index (κ1) is 23.3. The predicted molar refractivity (Wildman–Crippen MR) is 142 cm³/mol. The number of hydrogen-bond donors (Lipinski definition) is 2. The lowest BCUT2D eigenvalue weighted by atomic mass is 9.76. The van der Waals surface area contributed by atoms with E-state index in [-0.39, 0.29) is 5.78 Å². The summed E-state index contributed by atoms with van der Waals surface area (Å²) in [5, 5.41) is 0. The number of ketones is 1. The minimum atomic E-state index is 0.0967. The Bertz CT molecular complexity index is 1420. The average Bonchev–Trinajstić information content (AvgIpc) is 3.52. The molecule has 0 atom stereocenters. The highest BCUT2D eigenvalue weighted by Crippen LogP contribution is 2.44. The maximum atomic E-state index is 13.0. The van der Waals surface area contributed by atoms with Gasteiger partial charge in [0.15, 0.2) is 5.78 Å². The standard InChI is InChI=1S/C30H34N4O/c1-7-27-31-14-25(33-27)21-10-19-8-9-20-11-22(26-15-32-30(34-26)17(4)5)13-24(18(6)35)29(20)28(19)23(12-21)16(2)3/h10-17H,7-9H2,1-6H3,(H,31,33)(H,32,34). The van der Waals surface area contributed by atoms with Crippen LogP contribution in [0.15, 0.2) is 36.7 Å². The molecule has 2 N–H and O–H groups in total. The molecule has 0 bridgehead atoms. The second-order valence-corrected chi connectivity index (χ2v) is 10.3. The summed E-state index contributed by atoms with van der Waals surface area (Å²) < 4.78 is 0. The van der Waals surface area contributed by atoms with E-state index >= 15 is 0 Å². The number of Topliss-reactive ketones (excluding diaryl/α,β-unsaturated/α-hetero) is 1. The van der Waals surface area contributed by atoms with Gasteiger partial charge in [0.2, 0.25) is 0 Å². The number of imidazole rings is 2. The summed E-state index contributed by atoms with van der Waals surface area (Å²) >= 11 is 0. The van der Waals surface area contributed by atoms with Gasteiger partial charge in [-0.15, -0.1) is 0 Å². The first-order valence-corrected chi connectivity index (χ1v) is 12.7. The van der Waals surface area contributed by atoms with E-state index in [2.05, 4.69) is 72.8 Å². The number of hydrogen-bond acceptors (Lipinski definition) is 3. The quantitative estimate of drug-likeness (QED) is 0.294. The topological polar surface area (TPSA) is 74.4 Å². The zero-order chi connectivity index (χ0) is 24.9. The van der Waals surface area contributed by atoms with Gasteiger partial charge in [-0.3, -0.25) is 4.79 Å². The van der Waals surface area contributed by atoms with Crippen molar-refractivity contribution in [2.45, 2.75) is 72.6 Å². The van der Waals surface area contributed by atoms with Gasteiger partial charge in [0, 0.05) is 29.0 Å². The van der Waals surface area contributed by atoms with E-state index in [9.17, 15) is 4.79 Å². The Morgan fingerprint density at radius 3 is 2.06 bits per heavy atom. The molecule has 5 rings (SSSR count). The van der Waals surface area contributed by atoms with Gasteiger partial charge in [-0.25, -0.2) is 9.97 Å². The van der Waals surface area contributed by atoms with Gasteiger partial charge >= 0.3 is 0 Å². The molecule has 0 radical (unpaired) electrons. The summed E-state index contributed by atoms with van der Waals surface area (Å²) in [6.45, 7) is 12.5. The fourth-order valence-corrected chi connectivity index (χ4v) is 5.20. The van der Waals surface area contributed by atoms with Crippen molar-refractivity contribution in [2.24, 2.45) is 0 Å². The number of nitrogens with zero attached hydrogens (tertiary/aromatic N) is 2. The van der Waals surface area contributed by atoms with Crippen molar-refractivity contribution >= 4 is 5.78 Å². The van der Waals surface area contributed by atoms with Crippen molar-refractivity contribution < 1.29 is 4.79 Å². The van der Waals surface area contributed by atoms with Gasteiger partial charge in [0.05, 0.1) is 23.8 Å². The van der Waals surface area contributed by atoms with E-state index in [0.29, 0.717) is 11.8 Å². The van der Waals surface area contributed by atoms with Gasteiger partial charge in [0.25, 0.3) is 0 Å². The SMILES string of the molecule is CCc1ncc(-c2cc3c(c(C(C)C)c2)-c2c(cc(-c4cnc(C(C)C)[nH]4)cc2C(C)=O)CC3)[nH]1. The normalized spacial score (nSPS) is 12.8. The highest BCUT2D eigenvalue weighted by Gasteiger charge is 2.27. The van der Waals surface area contributed by atoms with E-state index in [1.165, 1.54) is 27.8 Å². The van der Waals surface area contributed by atoms with Crippen LogP contribution in [0.3, 0.4) is 0 Å². The van der Waals surface area contributed by atoms with Crippen LogP contribution < -0.4 is 0 Å². The summed E-state index contributed by atoms with van der Waals surface area (Å²) in [5.41, 5.74) is 11.2. The molecule has 0 aliphatic heterocycles. The molecule has 1 aliphatic carbocycles. The number of carbonyl (C=O) groups is 1. The zero-order valence-corrected chi connectivity index (χ0v) is 21.5. The average molecular weight is 467 g/mol. The second-order valence-electron chi connectivity index (χ2n) is 10.3. The Hall–Kier alpha value is -3.47. The van der Waals surface area contributed by atoms with Crippen molar-refractivity contribution in [1.82, 2.24) is 19.9 Å². The number of nitrogens with one attached hydrogen (secondary N) is 2. The summed E-state index contributed by atoms with van der Waals surface area (Å²) in [6, 6.07) is 8.88. The molecule has 5 nitrogen and oxygen atoms in total. The number of benzene rings is 2. The Kier molecular flexibility index (Phi) is 5.96. The van der Waals surface area contributed by atoms with Crippen LogP contribution in [0.5, 0.6) is 0 Å². The lowest BCUT2D eigenvalue weighted by Crippen LogP contribution is -2.12.